The molecule has 1 aromatic carbocycles. The van der Waals surface area contributed by atoms with Gasteiger partial charge in [-0.1, -0.05) is 52.0 Å². The number of aryl methyl sites for hydroxylation is 1. The van der Waals surface area contributed by atoms with Crippen molar-refractivity contribution in [3.63, 3.8) is 0 Å². The Morgan fingerprint density at radius 2 is 1.65 bits per heavy atom. The second-order valence-electron chi connectivity index (χ2n) is 9.64. The SMILES string of the molecule is CC12CCC3C(C)(C)C(O)CCC3(C)C1CCc1ccccc12. The quantitative estimate of drug-likeness (QED) is 0.706. The van der Waals surface area contributed by atoms with Gasteiger partial charge in [0.15, 0.2) is 0 Å². The Hall–Kier alpha value is -0.820. The Kier molecular flexibility index (Phi) is 3.31. The van der Waals surface area contributed by atoms with Crippen LogP contribution in [0.2, 0.25) is 0 Å². The molecule has 0 heterocycles. The number of rotatable bonds is 0. The van der Waals surface area contributed by atoms with Gasteiger partial charge in [0.25, 0.3) is 0 Å². The second-order valence-corrected chi connectivity index (χ2v) is 9.64. The van der Waals surface area contributed by atoms with Gasteiger partial charge in [0.1, 0.15) is 0 Å². The molecular weight excluding hydrogens is 280 g/mol. The lowest BCUT2D eigenvalue weighted by molar-refractivity contribution is -0.158. The first kappa shape index (κ1) is 15.7. The smallest absolute Gasteiger partial charge is 0.0594 e. The third-order valence-corrected chi connectivity index (χ3v) is 8.36. The lowest BCUT2D eigenvalue weighted by Crippen LogP contribution is -2.60. The van der Waals surface area contributed by atoms with Gasteiger partial charge >= 0.3 is 0 Å². The number of aliphatic hydroxyl groups is 1. The lowest BCUT2D eigenvalue weighted by atomic mass is 9.40. The highest BCUT2D eigenvalue weighted by molar-refractivity contribution is 5.39. The maximum absolute atomic E-state index is 10.6. The van der Waals surface area contributed by atoms with E-state index in [4.69, 9.17) is 0 Å². The molecule has 5 atom stereocenters. The van der Waals surface area contributed by atoms with Crippen LogP contribution in [0.25, 0.3) is 0 Å². The summed E-state index contributed by atoms with van der Waals surface area (Å²) in [7, 11) is 0. The molecule has 23 heavy (non-hydrogen) atoms. The molecule has 0 amide bonds. The van der Waals surface area contributed by atoms with Crippen LogP contribution in [0.3, 0.4) is 0 Å². The van der Waals surface area contributed by atoms with E-state index < -0.39 is 0 Å². The molecule has 0 radical (unpaired) electrons. The van der Waals surface area contributed by atoms with E-state index in [0.717, 1.165) is 12.3 Å². The normalized spacial score (nSPS) is 44.8. The van der Waals surface area contributed by atoms with E-state index in [1.54, 1.807) is 11.1 Å². The molecule has 126 valence electrons. The summed E-state index contributed by atoms with van der Waals surface area (Å²) in [4.78, 5) is 0. The number of hydrogen-bond acceptors (Lipinski definition) is 1. The second kappa shape index (κ2) is 4.85. The average molecular weight is 312 g/mol. The third-order valence-electron chi connectivity index (χ3n) is 8.36. The van der Waals surface area contributed by atoms with Gasteiger partial charge in [-0.25, -0.2) is 0 Å². The van der Waals surface area contributed by atoms with E-state index in [2.05, 4.69) is 52.0 Å². The van der Waals surface area contributed by atoms with E-state index >= 15 is 0 Å². The molecule has 1 heteroatoms. The molecule has 3 aliphatic rings. The van der Waals surface area contributed by atoms with Crippen molar-refractivity contribution in [2.45, 2.75) is 77.7 Å². The van der Waals surface area contributed by atoms with E-state index in [1.807, 2.05) is 0 Å². The van der Waals surface area contributed by atoms with Crippen molar-refractivity contribution in [2.24, 2.45) is 22.7 Å². The van der Waals surface area contributed by atoms with Crippen LogP contribution < -0.4 is 0 Å². The molecule has 2 fully saturated rings. The minimum absolute atomic E-state index is 0.0608. The third kappa shape index (κ3) is 1.95. The van der Waals surface area contributed by atoms with Crippen LogP contribution in [0.1, 0.15) is 70.9 Å². The Balaban J connectivity index is 1.80. The fraction of sp³-hybridized carbons (Fsp3) is 0.727. The van der Waals surface area contributed by atoms with E-state index in [9.17, 15) is 5.11 Å². The van der Waals surface area contributed by atoms with Gasteiger partial charge in [0.2, 0.25) is 0 Å². The maximum Gasteiger partial charge on any atom is 0.0594 e. The summed E-state index contributed by atoms with van der Waals surface area (Å²) in [5.41, 5.74) is 3.98. The zero-order valence-electron chi connectivity index (χ0n) is 15.2. The van der Waals surface area contributed by atoms with Crippen LogP contribution in [0.15, 0.2) is 24.3 Å². The lowest BCUT2D eigenvalue weighted by Gasteiger charge is -2.65. The molecule has 0 aliphatic heterocycles. The van der Waals surface area contributed by atoms with Gasteiger partial charge in [0, 0.05) is 0 Å². The van der Waals surface area contributed by atoms with Crippen LogP contribution in [0, 0.1) is 22.7 Å². The molecule has 3 aliphatic carbocycles. The molecule has 1 N–H and O–H groups in total. The molecule has 0 saturated heterocycles. The van der Waals surface area contributed by atoms with Crippen molar-refractivity contribution in [2.75, 3.05) is 0 Å². The van der Waals surface area contributed by atoms with Gasteiger partial charge in [-0.05, 0) is 77.7 Å². The van der Waals surface area contributed by atoms with E-state index in [-0.39, 0.29) is 11.5 Å². The van der Waals surface area contributed by atoms with Crippen LogP contribution in [-0.4, -0.2) is 11.2 Å². The van der Waals surface area contributed by atoms with Crippen LogP contribution in [-0.2, 0) is 11.8 Å². The average Bonchev–Trinajstić information content (AvgIpc) is 2.51. The van der Waals surface area contributed by atoms with Gasteiger partial charge < -0.3 is 5.11 Å². The highest BCUT2D eigenvalue weighted by atomic mass is 16.3. The highest BCUT2D eigenvalue weighted by Crippen LogP contribution is 2.66. The number of fused-ring (bicyclic) bond motifs is 5. The zero-order valence-corrected chi connectivity index (χ0v) is 15.2. The van der Waals surface area contributed by atoms with Gasteiger partial charge in [0.05, 0.1) is 6.10 Å². The molecule has 5 unspecified atom stereocenters. The standard InChI is InChI=1S/C22H32O/c1-20(2)17-11-13-21(3)16-8-6-5-7-15(16)9-10-18(21)22(17,4)14-12-19(20)23/h5-8,17-19,23H,9-14H2,1-4H3. The fourth-order valence-corrected chi connectivity index (χ4v) is 7.11. The summed E-state index contributed by atoms with van der Waals surface area (Å²) in [6.07, 6.45) is 7.17. The topological polar surface area (TPSA) is 20.2 Å². The van der Waals surface area contributed by atoms with Crippen LogP contribution in [0.4, 0.5) is 0 Å². The van der Waals surface area contributed by atoms with Crippen molar-refractivity contribution >= 4 is 0 Å². The minimum atomic E-state index is -0.124. The summed E-state index contributed by atoms with van der Waals surface area (Å²) in [6.45, 7) is 9.73. The van der Waals surface area contributed by atoms with Crippen molar-refractivity contribution < 1.29 is 5.11 Å². The Bertz CT molecular complexity index is 618. The summed E-state index contributed by atoms with van der Waals surface area (Å²) in [6, 6.07) is 9.18. The Morgan fingerprint density at radius 1 is 0.913 bits per heavy atom. The first-order chi connectivity index (χ1) is 10.8. The summed E-state index contributed by atoms with van der Waals surface area (Å²) >= 11 is 0. The van der Waals surface area contributed by atoms with Crippen molar-refractivity contribution in [1.82, 2.24) is 0 Å². The van der Waals surface area contributed by atoms with Crippen molar-refractivity contribution in [3.8, 4) is 0 Å². The maximum atomic E-state index is 10.6. The number of hydrogen-bond donors (Lipinski definition) is 1. The summed E-state index contributed by atoms with van der Waals surface area (Å²) < 4.78 is 0. The molecule has 4 rings (SSSR count). The largest absolute Gasteiger partial charge is 0.393 e. The predicted molar refractivity (Wildman–Crippen MR) is 95.5 cm³/mol. The molecule has 0 bridgehead atoms. The van der Waals surface area contributed by atoms with Gasteiger partial charge in [-0.3, -0.25) is 0 Å². The van der Waals surface area contributed by atoms with Gasteiger partial charge in [-0.15, -0.1) is 0 Å². The molecule has 2 saturated carbocycles. The van der Waals surface area contributed by atoms with Gasteiger partial charge in [-0.2, -0.15) is 0 Å². The predicted octanol–water partition coefficient (Wildman–Crippen LogP) is 5.10. The van der Waals surface area contributed by atoms with Crippen LogP contribution in [0.5, 0.6) is 0 Å². The first-order valence-electron chi connectivity index (χ1n) is 9.56. The van der Waals surface area contributed by atoms with Crippen LogP contribution >= 0.6 is 0 Å². The molecule has 0 spiro atoms. The Labute approximate surface area is 141 Å². The van der Waals surface area contributed by atoms with E-state index in [1.165, 1.54) is 32.1 Å². The number of aliphatic hydroxyl groups excluding tert-OH is 1. The summed E-state index contributed by atoms with van der Waals surface area (Å²) in [5.74, 6) is 1.41. The number of benzene rings is 1. The molecular formula is C22H32O. The Morgan fingerprint density at radius 3 is 2.43 bits per heavy atom. The minimum Gasteiger partial charge on any atom is -0.393 e. The molecule has 1 nitrogen and oxygen atoms in total. The fourth-order valence-electron chi connectivity index (χ4n) is 7.11. The van der Waals surface area contributed by atoms with Crippen molar-refractivity contribution in [1.29, 1.82) is 0 Å². The highest BCUT2D eigenvalue weighted by Gasteiger charge is 2.61. The van der Waals surface area contributed by atoms with Crippen molar-refractivity contribution in [3.05, 3.63) is 35.4 Å². The monoisotopic (exact) mass is 312 g/mol. The molecule has 1 aromatic rings. The molecule has 0 aromatic heterocycles. The van der Waals surface area contributed by atoms with E-state index in [0.29, 0.717) is 16.7 Å². The first-order valence-corrected chi connectivity index (χ1v) is 9.56. The summed E-state index contributed by atoms with van der Waals surface area (Å²) in [5, 5.41) is 10.6. The zero-order chi connectivity index (χ0) is 16.5.